The van der Waals surface area contributed by atoms with E-state index in [4.69, 9.17) is 21.7 Å². The van der Waals surface area contributed by atoms with Crippen molar-refractivity contribution in [2.45, 2.75) is 0 Å². The Hall–Kier alpha value is -3.16. The summed E-state index contributed by atoms with van der Waals surface area (Å²) in [5.41, 5.74) is 10.9. The normalized spacial score (nSPS) is 9.20. The van der Waals surface area contributed by atoms with E-state index in [0.29, 0.717) is 0 Å². The second-order valence-electron chi connectivity index (χ2n) is 3.51. The van der Waals surface area contributed by atoms with Crippen LogP contribution in [0.5, 0.6) is 0 Å². The molecule has 0 amide bonds. The Balaban J connectivity index is 0.000000200. The molecule has 0 aliphatic heterocycles. The van der Waals surface area contributed by atoms with Crippen molar-refractivity contribution in [1.29, 1.82) is 0 Å². The minimum atomic E-state index is -1.05. The first kappa shape index (κ1) is 14.9. The highest BCUT2D eigenvalue weighted by Gasteiger charge is 2.05. The van der Waals surface area contributed by atoms with E-state index in [2.05, 4.69) is 9.97 Å². The lowest BCUT2D eigenvalue weighted by atomic mass is 10.2. The molecule has 2 rings (SSSR count). The summed E-state index contributed by atoms with van der Waals surface area (Å²) < 4.78 is 0. The average Bonchev–Trinajstić information content (AvgIpc) is 2.40. The number of carbonyl (C=O) groups is 2. The molecule has 0 aromatic carbocycles. The first-order valence-electron chi connectivity index (χ1n) is 5.30. The number of hydrogen-bond donors (Lipinski definition) is 4. The van der Waals surface area contributed by atoms with E-state index in [9.17, 15) is 9.59 Å². The largest absolute Gasteiger partial charge is 0.478 e. The smallest absolute Gasteiger partial charge is 0.339 e. The number of anilines is 2. The van der Waals surface area contributed by atoms with Crippen molar-refractivity contribution in [1.82, 2.24) is 9.97 Å². The Morgan fingerprint density at radius 2 is 1.65 bits per heavy atom. The van der Waals surface area contributed by atoms with Gasteiger partial charge in [-0.25, -0.2) is 14.6 Å². The van der Waals surface area contributed by atoms with Crippen molar-refractivity contribution in [3.8, 4) is 0 Å². The summed E-state index contributed by atoms with van der Waals surface area (Å²) in [7, 11) is 0. The molecule has 2 heterocycles. The summed E-state index contributed by atoms with van der Waals surface area (Å²) in [6.45, 7) is 0. The minimum Gasteiger partial charge on any atom is -0.478 e. The molecule has 0 spiro atoms. The highest BCUT2D eigenvalue weighted by Crippen LogP contribution is 2.07. The number of pyridine rings is 2. The lowest BCUT2D eigenvalue weighted by Gasteiger charge is -1.95. The highest BCUT2D eigenvalue weighted by molar-refractivity contribution is 5.93. The van der Waals surface area contributed by atoms with Crippen LogP contribution in [0.2, 0.25) is 0 Å². The van der Waals surface area contributed by atoms with Crippen molar-refractivity contribution in [3.05, 3.63) is 47.9 Å². The number of aromatic carboxylic acids is 2. The van der Waals surface area contributed by atoms with Gasteiger partial charge in [0.1, 0.15) is 16.9 Å². The Morgan fingerprint density at radius 1 is 1.00 bits per heavy atom. The van der Waals surface area contributed by atoms with Gasteiger partial charge in [-0.3, -0.25) is 4.98 Å². The predicted octanol–water partition coefficient (Wildman–Crippen LogP) is 0.724. The third-order valence-corrected chi connectivity index (χ3v) is 2.15. The van der Waals surface area contributed by atoms with Gasteiger partial charge in [0.2, 0.25) is 0 Å². The van der Waals surface area contributed by atoms with E-state index in [1.54, 1.807) is 0 Å². The fourth-order valence-electron chi connectivity index (χ4n) is 1.18. The van der Waals surface area contributed by atoms with Gasteiger partial charge in [-0.2, -0.15) is 0 Å². The predicted molar refractivity (Wildman–Crippen MR) is 71.2 cm³/mol. The fraction of sp³-hybridized carbons (Fsp3) is 0. The minimum absolute atomic E-state index is 0.0440. The maximum atomic E-state index is 10.3. The van der Waals surface area contributed by atoms with Gasteiger partial charge in [0, 0.05) is 24.3 Å². The van der Waals surface area contributed by atoms with Crippen LogP contribution >= 0.6 is 0 Å². The van der Waals surface area contributed by atoms with Crippen molar-refractivity contribution in [2.75, 3.05) is 11.5 Å². The highest BCUT2D eigenvalue weighted by atomic mass is 16.4. The van der Waals surface area contributed by atoms with Gasteiger partial charge in [-0.05, 0) is 18.2 Å². The zero-order valence-electron chi connectivity index (χ0n) is 10.2. The summed E-state index contributed by atoms with van der Waals surface area (Å²) in [6, 6.07) is 4.38. The lowest BCUT2D eigenvalue weighted by Crippen LogP contribution is -2.03. The molecule has 0 fully saturated rings. The summed E-state index contributed by atoms with van der Waals surface area (Å²) in [6.07, 6.45) is 4.11. The van der Waals surface area contributed by atoms with Gasteiger partial charge in [0.15, 0.2) is 0 Å². The zero-order valence-corrected chi connectivity index (χ0v) is 10.2. The molecular weight excluding hydrogens is 264 g/mol. The van der Waals surface area contributed by atoms with E-state index in [1.807, 2.05) is 0 Å². The number of rotatable bonds is 2. The van der Waals surface area contributed by atoms with Crippen molar-refractivity contribution in [2.24, 2.45) is 0 Å². The van der Waals surface area contributed by atoms with Crippen LogP contribution in [0.3, 0.4) is 0 Å². The molecule has 0 saturated carbocycles. The Morgan fingerprint density at radius 3 is 2.05 bits per heavy atom. The molecule has 0 saturated heterocycles. The van der Waals surface area contributed by atoms with Crippen LogP contribution in [-0.4, -0.2) is 32.1 Å². The van der Waals surface area contributed by atoms with E-state index < -0.39 is 11.9 Å². The van der Waals surface area contributed by atoms with Crippen LogP contribution < -0.4 is 11.5 Å². The van der Waals surface area contributed by atoms with Crippen LogP contribution in [0, 0.1) is 0 Å². The van der Waals surface area contributed by atoms with Gasteiger partial charge < -0.3 is 21.7 Å². The summed E-state index contributed by atoms with van der Waals surface area (Å²) in [4.78, 5) is 27.8. The number of nitrogens with two attached hydrogens (primary N) is 2. The number of aromatic nitrogens is 2. The second kappa shape index (κ2) is 6.69. The van der Waals surface area contributed by atoms with Crippen LogP contribution in [0.4, 0.5) is 11.5 Å². The quantitative estimate of drug-likeness (QED) is 0.626. The third kappa shape index (κ3) is 3.95. The van der Waals surface area contributed by atoms with E-state index >= 15 is 0 Å². The molecule has 8 heteroatoms. The molecule has 20 heavy (non-hydrogen) atoms. The van der Waals surface area contributed by atoms with Crippen LogP contribution in [0.1, 0.15) is 20.7 Å². The molecule has 6 N–H and O–H groups in total. The van der Waals surface area contributed by atoms with E-state index in [0.717, 1.165) is 0 Å². The fourth-order valence-corrected chi connectivity index (χ4v) is 1.18. The molecule has 2 aromatic rings. The molecule has 0 bridgehead atoms. The van der Waals surface area contributed by atoms with Gasteiger partial charge in [0.25, 0.3) is 0 Å². The lowest BCUT2D eigenvalue weighted by molar-refractivity contribution is 0.0686. The Kier molecular flexibility index (Phi) is 4.98. The maximum absolute atomic E-state index is 10.3. The van der Waals surface area contributed by atoms with Crippen molar-refractivity contribution >= 4 is 23.4 Å². The molecule has 0 radical (unpaired) electrons. The van der Waals surface area contributed by atoms with Gasteiger partial charge in [-0.1, -0.05) is 0 Å². The molecule has 0 aliphatic carbocycles. The van der Waals surface area contributed by atoms with Gasteiger partial charge in [-0.15, -0.1) is 0 Å². The first-order valence-corrected chi connectivity index (χ1v) is 5.30. The number of hydrogen-bond acceptors (Lipinski definition) is 6. The molecule has 8 nitrogen and oxygen atoms in total. The van der Waals surface area contributed by atoms with Crippen molar-refractivity contribution in [3.63, 3.8) is 0 Å². The van der Waals surface area contributed by atoms with Crippen LogP contribution in [-0.2, 0) is 0 Å². The topological polar surface area (TPSA) is 152 Å². The van der Waals surface area contributed by atoms with E-state index in [-0.39, 0.29) is 22.6 Å². The van der Waals surface area contributed by atoms with Crippen LogP contribution in [0.15, 0.2) is 36.8 Å². The number of carboxylic acid groups (broad SMARTS) is 2. The Labute approximate surface area is 113 Å². The molecular formula is C12H12N4O4. The number of nitrogens with zero attached hydrogens (tertiary/aromatic N) is 2. The van der Waals surface area contributed by atoms with Gasteiger partial charge in [0.05, 0.1) is 0 Å². The second-order valence-corrected chi connectivity index (χ2v) is 3.51. The summed E-state index contributed by atoms with van der Waals surface area (Å²) >= 11 is 0. The number of nitrogen functional groups attached to an aromatic ring is 2. The summed E-state index contributed by atoms with van der Waals surface area (Å²) in [5, 5.41) is 16.9. The Bertz CT molecular complexity index is 575. The third-order valence-electron chi connectivity index (χ3n) is 2.15. The molecule has 0 atom stereocenters. The zero-order chi connectivity index (χ0) is 15.1. The number of carboxylic acids is 2. The molecule has 0 unspecified atom stereocenters. The first-order chi connectivity index (χ1) is 9.43. The monoisotopic (exact) mass is 276 g/mol. The van der Waals surface area contributed by atoms with Gasteiger partial charge >= 0.3 is 11.9 Å². The van der Waals surface area contributed by atoms with Crippen molar-refractivity contribution < 1.29 is 19.8 Å². The SMILES string of the molecule is Nc1ccncc1C(=O)O.Nc1ncccc1C(=O)O. The molecule has 2 aromatic heterocycles. The average molecular weight is 276 g/mol. The van der Waals surface area contributed by atoms with Crippen LogP contribution in [0.25, 0.3) is 0 Å². The summed E-state index contributed by atoms with van der Waals surface area (Å²) in [5.74, 6) is -2.05. The standard InChI is InChI=1S/2C6H6N2O2/c7-5-1-2-8-3-4(5)6(9)10;7-5-4(6(9)10)2-1-3-8-5/h2*1-3H,(H2,7,8)(H,9,10). The molecule has 104 valence electrons. The molecule has 0 aliphatic rings. The maximum Gasteiger partial charge on any atom is 0.339 e. The van der Waals surface area contributed by atoms with E-state index in [1.165, 1.54) is 36.8 Å².